The van der Waals surface area contributed by atoms with Crippen LogP contribution in [-0.4, -0.2) is 14.9 Å². The van der Waals surface area contributed by atoms with Gasteiger partial charge in [0, 0.05) is 17.8 Å². The van der Waals surface area contributed by atoms with Crippen molar-refractivity contribution in [2.45, 2.75) is 98.1 Å². The molecule has 1 rings (SSSR count). The SMILES string of the molecule is CCCCCCCCCCCCn1nc(C)c(CO)c1C. The molecule has 0 radical (unpaired) electrons. The van der Waals surface area contributed by atoms with Crippen molar-refractivity contribution in [2.24, 2.45) is 0 Å². The first-order valence-corrected chi connectivity index (χ1v) is 8.84. The summed E-state index contributed by atoms with van der Waals surface area (Å²) >= 11 is 0. The summed E-state index contributed by atoms with van der Waals surface area (Å²) in [4.78, 5) is 0. The van der Waals surface area contributed by atoms with Gasteiger partial charge in [0.05, 0.1) is 12.3 Å². The molecular formula is C18H34N2O. The molecule has 1 aromatic heterocycles. The fourth-order valence-electron chi connectivity index (χ4n) is 2.93. The van der Waals surface area contributed by atoms with E-state index in [0.717, 1.165) is 23.5 Å². The molecule has 1 N–H and O–H groups in total. The molecule has 0 aromatic carbocycles. The van der Waals surface area contributed by atoms with E-state index < -0.39 is 0 Å². The highest BCUT2D eigenvalue weighted by molar-refractivity contribution is 5.23. The minimum atomic E-state index is 0.107. The van der Waals surface area contributed by atoms with Gasteiger partial charge in [0.25, 0.3) is 0 Å². The van der Waals surface area contributed by atoms with Crippen LogP contribution in [0.15, 0.2) is 0 Å². The predicted molar refractivity (Wildman–Crippen MR) is 89.5 cm³/mol. The lowest BCUT2D eigenvalue weighted by molar-refractivity contribution is 0.280. The Hall–Kier alpha value is -0.830. The summed E-state index contributed by atoms with van der Waals surface area (Å²) in [6.45, 7) is 7.40. The van der Waals surface area contributed by atoms with E-state index in [1.807, 2.05) is 6.92 Å². The van der Waals surface area contributed by atoms with Gasteiger partial charge in [-0.15, -0.1) is 0 Å². The van der Waals surface area contributed by atoms with Crippen molar-refractivity contribution in [2.75, 3.05) is 0 Å². The van der Waals surface area contributed by atoms with Crippen LogP contribution in [0, 0.1) is 13.8 Å². The van der Waals surface area contributed by atoms with Crippen LogP contribution in [0.3, 0.4) is 0 Å². The summed E-state index contributed by atoms with van der Waals surface area (Å²) in [6, 6.07) is 0. The summed E-state index contributed by atoms with van der Waals surface area (Å²) in [5, 5.41) is 13.8. The quantitative estimate of drug-likeness (QED) is 0.556. The second-order valence-corrected chi connectivity index (χ2v) is 6.21. The van der Waals surface area contributed by atoms with Crippen molar-refractivity contribution in [3.8, 4) is 0 Å². The maximum atomic E-state index is 9.31. The average Bonchev–Trinajstić information content (AvgIpc) is 2.75. The van der Waals surface area contributed by atoms with Crippen molar-refractivity contribution in [3.63, 3.8) is 0 Å². The lowest BCUT2D eigenvalue weighted by atomic mass is 10.1. The van der Waals surface area contributed by atoms with Crippen molar-refractivity contribution in [3.05, 3.63) is 17.0 Å². The van der Waals surface area contributed by atoms with Gasteiger partial charge < -0.3 is 5.11 Å². The molecule has 0 aliphatic carbocycles. The third-order valence-electron chi connectivity index (χ3n) is 4.41. The predicted octanol–water partition coefficient (Wildman–Crippen LogP) is 4.91. The average molecular weight is 294 g/mol. The first-order valence-electron chi connectivity index (χ1n) is 8.84. The van der Waals surface area contributed by atoms with E-state index >= 15 is 0 Å². The summed E-state index contributed by atoms with van der Waals surface area (Å²) in [5.41, 5.74) is 3.11. The van der Waals surface area contributed by atoms with Crippen LogP contribution in [-0.2, 0) is 13.2 Å². The minimum absolute atomic E-state index is 0.107. The van der Waals surface area contributed by atoms with Gasteiger partial charge in [-0.3, -0.25) is 4.68 Å². The summed E-state index contributed by atoms with van der Waals surface area (Å²) in [7, 11) is 0. The maximum Gasteiger partial charge on any atom is 0.0718 e. The number of aliphatic hydroxyl groups is 1. The molecule has 0 atom stereocenters. The summed E-state index contributed by atoms with van der Waals surface area (Å²) < 4.78 is 2.06. The number of aromatic nitrogens is 2. The fourth-order valence-corrected chi connectivity index (χ4v) is 2.93. The fraction of sp³-hybridized carbons (Fsp3) is 0.833. The molecular weight excluding hydrogens is 260 g/mol. The van der Waals surface area contributed by atoms with E-state index in [1.54, 1.807) is 0 Å². The van der Waals surface area contributed by atoms with Crippen LogP contribution in [0.5, 0.6) is 0 Å². The first kappa shape index (κ1) is 18.2. The van der Waals surface area contributed by atoms with Crippen molar-refractivity contribution in [1.82, 2.24) is 9.78 Å². The maximum absolute atomic E-state index is 9.31. The molecule has 21 heavy (non-hydrogen) atoms. The molecule has 3 heteroatoms. The number of hydrogen-bond acceptors (Lipinski definition) is 2. The van der Waals surface area contributed by atoms with Gasteiger partial charge in [0.2, 0.25) is 0 Å². The molecule has 0 unspecified atom stereocenters. The van der Waals surface area contributed by atoms with Crippen LogP contribution in [0.1, 0.15) is 88.1 Å². The van der Waals surface area contributed by atoms with Crippen LogP contribution in [0.2, 0.25) is 0 Å². The zero-order valence-electron chi connectivity index (χ0n) is 14.3. The number of aliphatic hydroxyl groups excluding tert-OH is 1. The number of rotatable bonds is 12. The molecule has 3 nitrogen and oxygen atoms in total. The van der Waals surface area contributed by atoms with Gasteiger partial charge in [-0.05, 0) is 20.3 Å². The zero-order valence-corrected chi connectivity index (χ0v) is 14.3. The van der Waals surface area contributed by atoms with Crippen molar-refractivity contribution >= 4 is 0 Å². The van der Waals surface area contributed by atoms with Crippen LogP contribution in [0.4, 0.5) is 0 Å². The van der Waals surface area contributed by atoms with E-state index in [0.29, 0.717) is 0 Å². The molecule has 0 aliphatic rings. The molecule has 0 spiro atoms. The Labute approximate surface area is 130 Å². The van der Waals surface area contributed by atoms with Gasteiger partial charge in [0.1, 0.15) is 0 Å². The standard InChI is InChI=1S/C18H34N2O/c1-4-5-6-7-8-9-10-11-12-13-14-20-17(3)18(15-21)16(2)19-20/h21H,4-15H2,1-3H3. The van der Waals surface area contributed by atoms with Gasteiger partial charge in [0.15, 0.2) is 0 Å². The number of unbranched alkanes of at least 4 members (excludes halogenated alkanes) is 9. The highest BCUT2D eigenvalue weighted by Gasteiger charge is 2.09. The lowest BCUT2D eigenvalue weighted by Crippen LogP contribution is -2.03. The Bertz CT molecular complexity index is 385. The Morgan fingerprint density at radius 1 is 0.857 bits per heavy atom. The molecule has 1 aromatic rings. The molecule has 0 bridgehead atoms. The number of nitrogens with zero attached hydrogens (tertiary/aromatic N) is 2. The molecule has 122 valence electrons. The van der Waals surface area contributed by atoms with Crippen LogP contribution >= 0.6 is 0 Å². The van der Waals surface area contributed by atoms with E-state index in [4.69, 9.17) is 0 Å². The summed E-state index contributed by atoms with van der Waals surface area (Å²) in [5.74, 6) is 0. The zero-order chi connectivity index (χ0) is 15.5. The Morgan fingerprint density at radius 2 is 1.38 bits per heavy atom. The molecule has 0 amide bonds. The van der Waals surface area contributed by atoms with E-state index in [9.17, 15) is 5.11 Å². The Balaban J connectivity index is 2.04. The van der Waals surface area contributed by atoms with Crippen molar-refractivity contribution < 1.29 is 5.11 Å². The molecule has 1 heterocycles. The highest BCUT2D eigenvalue weighted by Crippen LogP contribution is 2.15. The van der Waals surface area contributed by atoms with E-state index in [2.05, 4.69) is 23.6 Å². The third-order valence-corrected chi connectivity index (χ3v) is 4.41. The van der Waals surface area contributed by atoms with Crippen molar-refractivity contribution in [1.29, 1.82) is 0 Å². The van der Waals surface area contributed by atoms with Crippen LogP contribution < -0.4 is 0 Å². The largest absolute Gasteiger partial charge is 0.392 e. The number of aryl methyl sites for hydroxylation is 2. The Kier molecular flexibility index (Phi) is 9.40. The molecule has 0 saturated heterocycles. The Morgan fingerprint density at radius 3 is 1.86 bits per heavy atom. The van der Waals surface area contributed by atoms with Gasteiger partial charge >= 0.3 is 0 Å². The smallest absolute Gasteiger partial charge is 0.0718 e. The molecule has 0 fully saturated rings. The van der Waals surface area contributed by atoms with Gasteiger partial charge in [-0.25, -0.2) is 0 Å². The normalized spacial score (nSPS) is 11.2. The molecule has 0 aliphatic heterocycles. The minimum Gasteiger partial charge on any atom is -0.392 e. The van der Waals surface area contributed by atoms with Gasteiger partial charge in [-0.1, -0.05) is 64.7 Å². The topological polar surface area (TPSA) is 38.0 Å². The highest BCUT2D eigenvalue weighted by atomic mass is 16.3. The molecule has 0 saturated carbocycles. The monoisotopic (exact) mass is 294 g/mol. The van der Waals surface area contributed by atoms with E-state index in [1.165, 1.54) is 64.2 Å². The lowest BCUT2D eigenvalue weighted by Gasteiger charge is -2.05. The van der Waals surface area contributed by atoms with Gasteiger partial charge in [-0.2, -0.15) is 5.10 Å². The first-order chi connectivity index (χ1) is 10.2. The van der Waals surface area contributed by atoms with E-state index in [-0.39, 0.29) is 6.61 Å². The third kappa shape index (κ3) is 6.64. The second-order valence-electron chi connectivity index (χ2n) is 6.21. The van der Waals surface area contributed by atoms with Crippen LogP contribution in [0.25, 0.3) is 0 Å². The summed E-state index contributed by atoms with van der Waals surface area (Å²) in [6.07, 6.45) is 13.6. The number of hydrogen-bond donors (Lipinski definition) is 1. The second kappa shape index (κ2) is 10.8.